The number of thiol groups is 1. The minimum Gasteiger partial charge on any atom is -0.478 e. The van der Waals surface area contributed by atoms with Crippen molar-refractivity contribution in [2.75, 3.05) is 11.5 Å². The molecule has 0 fully saturated rings. The number of carboxylic acids is 2. The summed E-state index contributed by atoms with van der Waals surface area (Å²) in [7, 11) is -4.02. The van der Waals surface area contributed by atoms with Crippen LogP contribution in [0.1, 0.15) is 44.9 Å². The molecule has 1 aliphatic rings. The molecule has 2 rings (SSSR count). The van der Waals surface area contributed by atoms with Gasteiger partial charge in [-0.05, 0) is 30.7 Å². The van der Waals surface area contributed by atoms with Gasteiger partial charge in [0.2, 0.25) is 5.91 Å². The number of nitrogens with zero attached hydrogens (tertiary/aromatic N) is 2. The fraction of sp³-hybridized carbons (Fsp3) is 0.400. The van der Waals surface area contributed by atoms with Gasteiger partial charge in [-0.3, -0.25) is 19.3 Å². The molecule has 32 heavy (non-hydrogen) atoms. The van der Waals surface area contributed by atoms with Crippen molar-refractivity contribution in [1.29, 1.82) is 0 Å². The van der Waals surface area contributed by atoms with Gasteiger partial charge in [0, 0.05) is 22.3 Å². The lowest BCUT2D eigenvalue weighted by molar-refractivity contribution is -0.380. The molecule has 0 aromatic carbocycles. The van der Waals surface area contributed by atoms with Crippen LogP contribution < -0.4 is 5.32 Å². The van der Waals surface area contributed by atoms with Gasteiger partial charge in [-0.25, -0.2) is 9.59 Å². The van der Waals surface area contributed by atoms with Gasteiger partial charge in [-0.15, -0.1) is 0 Å². The second-order valence-electron chi connectivity index (χ2n) is 7.33. The maximum atomic E-state index is 12.7. The maximum Gasteiger partial charge on any atom is 0.339 e. The monoisotopic (exact) mass is 485 g/mol. The van der Waals surface area contributed by atoms with Crippen molar-refractivity contribution in [1.82, 2.24) is 5.32 Å². The van der Waals surface area contributed by atoms with E-state index in [9.17, 15) is 34.7 Å². The van der Waals surface area contributed by atoms with Gasteiger partial charge in [-0.2, -0.15) is 9.35 Å². The lowest BCUT2D eigenvalue weighted by atomic mass is 10.1. The zero-order chi connectivity index (χ0) is 24.3. The molecule has 12 heteroatoms. The SMILES string of the molecule is C=N[SH]1(CC)(CC)C(NC(=O)CCCC)=C(C(=O)O)C(C(=O)O)=C1c1ccc([N+](=O)[O-])s1. The fourth-order valence-electron chi connectivity index (χ4n) is 4.15. The molecule has 0 bridgehead atoms. The van der Waals surface area contributed by atoms with Crippen molar-refractivity contribution < 1.29 is 29.5 Å². The zero-order valence-corrected chi connectivity index (χ0v) is 19.8. The molecule has 0 saturated heterocycles. The molecule has 0 radical (unpaired) electrons. The fourth-order valence-corrected chi connectivity index (χ4v) is 10.8. The molecule has 1 aliphatic heterocycles. The highest BCUT2D eigenvalue weighted by molar-refractivity contribution is 8.58. The number of unbranched alkanes of at least 4 members (excludes halogenated alkanes) is 1. The Kier molecular flexibility index (Phi) is 7.30. The van der Waals surface area contributed by atoms with Gasteiger partial charge in [0.05, 0.1) is 15.5 Å². The van der Waals surface area contributed by atoms with E-state index in [1.165, 1.54) is 12.1 Å². The van der Waals surface area contributed by atoms with Crippen LogP contribution in [-0.2, 0) is 14.4 Å². The Hall–Kier alpha value is -2.99. The van der Waals surface area contributed by atoms with E-state index in [1.54, 1.807) is 13.8 Å². The van der Waals surface area contributed by atoms with Crippen molar-refractivity contribution in [3.63, 3.8) is 0 Å². The Morgan fingerprint density at radius 3 is 2.16 bits per heavy atom. The Morgan fingerprint density at radius 1 is 1.16 bits per heavy atom. The number of carbonyl (C=O) groups is 3. The van der Waals surface area contributed by atoms with Crippen molar-refractivity contribution >= 4 is 55.2 Å². The van der Waals surface area contributed by atoms with Crippen LogP contribution in [0, 0.1) is 10.1 Å². The molecular formula is C20H27N3O7S2. The predicted octanol–water partition coefficient (Wildman–Crippen LogP) is 3.80. The van der Waals surface area contributed by atoms with Crippen molar-refractivity contribution in [3.05, 3.63) is 43.3 Å². The molecule has 0 unspecified atom stereocenters. The summed E-state index contributed by atoms with van der Waals surface area (Å²) in [4.78, 5) is 48.4. The normalized spacial score (nSPS) is 18.0. The molecule has 176 valence electrons. The Balaban J connectivity index is 2.99. The number of nitro groups is 1. The van der Waals surface area contributed by atoms with Crippen LogP contribution in [0.25, 0.3) is 4.91 Å². The number of amides is 1. The molecule has 3 N–H and O–H groups in total. The summed E-state index contributed by atoms with van der Waals surface area (Å²) in [6.07, 6.45) is 1.44. The summed E-state index contributed by atoms with van der Waals surface area (Å²) in [5.41, 5.74) is -1.05. The lowest BCUT2D eigenvalue weighted by Gasteiger charge is -2.58. The summed E-state index contributed by atoms with van der Waals surface area (Å²) in [6, 6.07) is 2.64. The summed E-state index contributed by atoms with van der Waals surface area (Å²) >= 11 is 0.747. The summed E-state index contributed by atoms with van der Waals surface area (Å²) in [5.74, 6) is -3.07. The highest BCUT2D eigenvalue weighted by Crippen LogP contribution is 2.87. The van der Waals surface area contributed by atoms with Crippen molar-refractivity contribution in [3.8, 4) is 0 Å². The molecule has 0 aliphatic carbocycles. The molecule has 1 aromatic rings. The molecular weight excluding hydrogens is 458 g/mol. The van der Waals surface area contributed by atoms with E-state index >= 15 is 0 Å². The number of carbonyl (C=O) groups excluding carboxylic acids is 1. The molecule has 0 saturated carbocycles. The van der Waals surface area contributed by atoms with E-state index in [0.717, 1.165) is 17.8 Å². The number of thiophene rings is 1. The molecule has 2 heterocycles. The first-order valence-corrected chi connectivity index (χ1v) is 13.4. The highest BCUT2D eigenvalue weighted by Gasteiger charge is 2.56. The number of rotatable bonds is 11. The minimum atomic E-state index is -4.02. The molecule has 10 nitrogen and oxygen atoms in total. The molecule has 1 aromatic heterocycles. The van der Waals surface area contributed by atoms with Gasteiger partial charge < -0.3 is 15.5 Å². The van der Waals surface area contributed by atoms with Gasteiger partial charge in [0.15, 0.2) is 0 Å². The van der Waals surface area contributed by atoms with E-state index in [0.29, 0.717) is 6.42 Å². The third kappa shape index (κ3) is 3.73. The second-order valence-corrected chi connectivity index (χ2v) is 13.7. The first kappa shape index (κ1) is 25.3. The second kappa shape index (κ2) is 9.25. The van der Waals surface area contributed by atoms with Gasteiger partial charge in [0.25, 0.3) is 0 Å². The van der Waals surface area contributed by atoms with Crippen LogP contribution in [0.3, 0.4) is 0 Å². The Morgan fingerprint density at radius 2 is 1.75 bits per heavy atom. The number of carboxylic acid groups (broad SMARTS) is 2. The number of aliphatic carboxylic acids is 2. The third-order valence-electron chi connectivity index (χ3n) is 5.93. The molecule has 0 spiro atoms. The van der Waals surface area contributed by atoms with E-state index < -0.39 is 43.3 Å². The maximum absolute atomic E-state index is 12.7. The van der Waals surface area contributed by atoms with Crippen LogP contribution in [0.4, 0.5) is 5.00 Å². The Labute approximate surface area is 189 Å². The minimum absolute atomic E-state index is 0.0342. The van der Waals surface area contributed by atoms with Gasteiger partial charge >= 0.3 is 16.9 Å². The predicted molar refractivity (Wildman–Crippen MR) is 127 cm³/mol. The first-order chi connectivity index (χ1) is 15.0. The summed E-state index contributed by atoms with van der Waals surface area (Å²) < 4.78 is 4.44. The van der Waals surface area contributed by atoms with Crippen LogP contribution in [0.2, 0.25) is 0 Å². The molecule has 1 amide bonds. The average Bonchev–Trinajstić information content (AvgIpc) is 3.32. The zero-order valence-electron chi connectivity index (χ0n) is 18.1. The quantitative estimate of drug-likeness (QED) is 0.160. The van der Waals surface area contributed by atoms with E-state index in [2.05, 4.69) is 16.4 Å². The lowest BCUT2D eigenvalue weighted by Crippen LogP contribution is -2.34. The first-order valence-electron chi connectivity index (χ1n) is 10.0. The average molecular weight is 486 g/mol. The number of nitrogens with one attached hydrogen (secondary N) is 1. The summed E-state index contributed by atoms with van der Waals surface area (Å²) in [6.45, 7) is 9.10. The van der Waals surface area contributed by atoms with Crippen LogP contribution in [0.5, 0.6) is 0 Å². The Bertz CT molecular complexity index is 1070. The van der Waals surface area contributed by atoms with Crippen molar-refractivity contribution in [2.45, 2.75) is 40.0 Å². The topological polar surface area (TPSA) is 159 Å². The van der Waals surface area contributed by atoms with Gasteiger partial charge in [-0.1, -0.05) is 38.5 Å². The van der Waals surface area contributed by atoms with Gasteiger partial charge in [0.1, 0.15) is 5.57 Å². The van der Waals surface area contributed by atoms with Crippen LogP contribution in [0.15, 0.2) is 32.7 Å². The third-order valence-corrected chi connectivity index (χ3v) is 13.5. The highest BCUT2D eigenvalue weighted by atomic mass is 32.3. The van der Waals surface area contributed by atoms with E-state index in [-0.39, 0.29) is 37.7 Å². The van der Waals surface area contributed by atoms with Crippen LogP contribution in [-0.4, -0.2) is 51.2 Å². The van der Waals surface area contributed by atoms with E-state index in [4.69, 9.17) is 0 Å². The number of hydrogen-bond donors (Lipinski definition) is 4. The van der Waals surface area contributed by atoms with E-state index in [1.807, 2.05) is 6.92 Å². The number of hydrogen-bond acceptors (Lipinski definition) is 7. The smallest absolute Gasteiger partial charge is 0.339 e. The summed E-state index contributed by atoms with van der Waals surface area (Å²) in [5, 5.41) is 33.8. The van der Waals surface area contributed by atoms with Crippen molar-refractivity contribution in [2.24, 2.45) is 4.40 Å². The van der Waals surface area contributed by atoms with Crippen LogP contribution >= 0.6 is 20.7 Å². The standard InChI is InChI=1S/C20H27N3O7S2/c1-5-8-9-13(24)22-18-16(20(27)28)15(19(25)26)17(32(18,6-2,7-3)21-4)12-10-11-14(31-12)23(29)30/h10-11,32H,4-9H2,1-3H3,(H,22,24)(H,25,26)(H,27,28). The molecule has 0 atom stereocenters. The largest absolute Gasteiger partial charge is 0.478 e.